The largest absolute Gasteiger partial charge is 0.307 e. The molecule has 0 N–H and O–H groups in total. The van der Waals surface area contributed by atoms with Crippen molar-refractivity contribution in [3.05, 3.63) is 0 Å². The Balaban J connectivity index is -0.0000000175. The van der Waals surface area contributed by atoms with Crippen LogP contribution in [0.4, 0.5) is 0 Å². The smallest absolute Gasteiger partial charge is 0.106 e. The molecule has 3 nitrogen and oxygen atoms in total. The minimum absolute atomic E-state index is 0. The summed E-state index contributed by atoms with van der Waals surface area (Å²) in [6, 6.07) is 0. The zero-order chi connectivity index (χ0) is 13.2. The Labute approximate surface area is 108 Å². The van der Waals surface area contributed by atoms with E-state index < -0.39 is 0 Å². The van der Waals surface area contributed by atoms with Gasteiger partial charge in [0.05, 0.1) is 0 Å². The third kappa shape index (κ3) is 14600. The molecular formula is C9H24FeO3P2. The van der Waals surface area contributed by atoms with E-state index in [-0.39, 0.29) is 17.1 Å². The van der Waals surface area contributed by atoms with E-state index in [0.717, 1.165) is 0 Å². The quantitative estimate of drug-likeness (QED) is 0.508. The van der Waals surface area contributed by atoms with Crippen molar-refractivity contribution in [3.8, 4) is 0 Å². The second kappa shape index (κ2) is 63.2. The Bertz CT molecular complexity index is 60.1. The Kier molecular flexibility index (Phi) is 152. The summed E-state index contributed by atoms with van der Waals surface area (Å²) in [5.74, 6) is 0. The molecule has 0 unspecified atom stereocenters. The molecule has 96 valence electrons. The average Bonchev–Trinajstić information content (AvgIpc) is 2.12. The van der Waals surface area contributed by atoms with Gasteiger partial charge in [0, 0.05) is 17.1 Å². The van der Waals surface area contributed by atoms with Gasteiger partial charge in [-0.25, -0.2) is 0 Å². The maximum Gasteiger partial charge on any atom is 0.106 e. The van der Waals surface area contributed by atoms with Crippen LogP contribution in [0.2, 0.25) is 0 Å². The van der Waals surface area contributed by atoms with Crippen LogP contribution in [-0.2, 0) is 31.5 Å². The van der Waals surface area contributed by atoms with Crippen LogP contribution in [0.25, 0.3) is 0 Å². The molecule has 0 bridgehead atoms. The van der Waals surface area contributed by atoms with Crippen molar-refractivity contribution in [2.24, 2.45) is 0 Å². The van der Waals surface area contributed by atoms with Crippen LogP contribution in [0.1, 0.15) is 0 Å². The number of hydrogen-bond acceptors (Lipinski definition) is 3. The third-order valence-electron chi connectivity index (χ3n) is 0. The molecular weight excluding hydrogens is 274 g/mol. The van der Waals surface area contributed by atoms with Crippen LogP contribution >= 0.6 is 15.8 Å². The van der Waals surface area contributed by atoms with E-state index in [9.17, 15) is 0 Å². The second-order valence-corrected chi connectivity index (χ2v) is 8.05. The summed E-state index contributed by atoms with van der Waals surface area (Å²) in [5.41, 5.74) is 0. The van der Waals surface area contributed by atoms with E-state index in [1.54, 1.807) is 0 Å². The van der Waals surface area contributed by atoms with Crippen molar-refractivity contribution in [3.63, 3.8) is 0 Å². The number of carbonyl (C=O) groups excluding carboxylic acids is 3. The van der Waals surface area contributed by atoms with Crippen molar-refractivity contribution in [2.45, 2.75) is 0 Å². The third-order valence-corrected chi connectivity index (χ3v) is 0. The molecule has 0 heterocycles. The molecule has 0 radical (unpaired) electrons. The van der Waals surface area contributed by atoms with E-state index in [2.05, 4.69) is 40.0 Å². The molecule has 0 aliphatic heterocycles. The number of carbonyl (C=O) groups is 3. The normalized spacial score (nSPS) is 5.60. The van der Waals surface area contributed by atoms with E-state index in [1.807, 2.05) is 20.4 Å². The Morgan fingerprint density at radius 1 is 0.533 bits per heavy atom. The molecule has 0 spiro atoms. The van der Waals surface area contributed by atoms with Crippen molar-refractivity contribution in [1.29, 1.82) is 0 Å². The van der Waals surface area contributed by atoms with Gasteiger partial charge in [0.25, 0.3) is 0 Å². The van der Waals surface area contributed by atoms with Crippen LogP contribution in [0.15, 0.2) is 0 Å². The topological polar surface area (TPSA) is 51.2 Å². The molecule has 15 heavy (non-hydrogen) atoms. The van der Waals surface area contributed by atoms with Crippen LogP contribution in [0, 0.1) is 0 Å². The molecule has 0 aromatic heterocycles. The van der Waals surface area contributed by atoms with Crippen molar-refractivity contribution in [2.75, 3.05) is 40.0 Å². The van der Waals surface area contributed by atoms with Crippen molar-refractivity contribution >= 4 is 36.2 Å². The fourth-order valence-electron chi connectivity index (χ4n) is 0. The van der Waals surface area contributed by atoms with E-state index in [1.165, 1.54) is 0 Å². The molecule has 0 saturated carbocycles. The summed E-state index contributed by atoms with van der Waals surface area (Å²) >= 11 is 0. The maximum atomic E-state index is 8.00. The Hall–Kier alpha value is 0.389. The first-order valence-corrected chi connectivity index (χ1v) is 8.92. The van der Waals surface area contributed by atoms with Crippen LogP contribution in [0.3, 0.4) is 0 Å². The van der Waals surface area contributed by atoms with Gasteiger partial charge in [-0.1, -0.05) is 0 Å². The van der Waals surface area contributed by atoms with Crippen LogP contribution in [0.5, 0.6) is 0 Å². The standard InChI is InChI=1S/2C3H9P.3CH2O.Fe/c2*1-4(2)3;3*1-2;/h2*1-3H3;3*1H2;. The van der Waals surface area contributed by atoms with Gasteiger partial charge >= 0.3 is 0 Å². The molecule has 0 aromatic rings. The van der Waals surface area contributed by atoms with Gasteiger partial charge in [-0.3, -0.25) is 0 Å². The monoisotopic (exact) mass is 298 g/mol. The first-order valence-electron chi connectivity index (χ1n) is 3.55. The van der Waals surface area contributed by atoms with Gasteiger partial charge in [-0.05, 0) is 40.0 Å². The maximum absolute atomic E-state index is 8.00. The minimum Gasteiger partial charge on any atom is -0.307 e. The first-order chi connectivity index (χ1) is 6.46. The van der Waals surface area contributed by atoms with Gasteiger partial charge in [0.2, 0.25) is 0 Å². The zero-order valence-electron chi connectivity index (χ0n) is 10.6. The van der Waals surface area contributed by atoms with E-state index in [4.69, 9.17) is 14.4 Å². The minimum atomic E-state index is 0. The second-order valence-electron chi connectivity index (χ2n) is 2.68. The predicted octanol–water partition coefficient (Wildman–Crippen LogP) is 2.16. The van der Waals surface area contributed by atoms with Crippen molar-refractivity contribution in [1.82, 2.24) is 0 Å². The summed E-state index contributed by atoms with van der Waals surface area (Å²) in [6.07, 6.45) is 0. The summed E-state index contributed by atoms with van der Waals surface area (Å²) in [5, 5.41) is 0. The van der Waals surface area contributed by atoms with E-state index >= 15 is 0 Å². The predicted molar refractivity (Wildman–Crippen MR) is 70.7 cm³/mol. The molecule has 0 aliphatic carbocycles. The average molecular weight is 298 g/mol. The zero-order valence-corrected chi connectivity index (χ0v) is 13.5. The molecule has 0 fully saturated rings. The Morgan fingerprint density at radius 2 is 0.533 bits per heavy atom. The molecule has 0 aliphatic rings. The SMILES string of the molecule is C=O.C=O.C=O.CP(C)C.CP(C)C.[Fe]. The Morgan fingerprint density at radius 3 is 0.533 bits per heavy atom. The van der Waals surface area contributed by atoms with E-state index in [0.29, 0.717) is 15.8 Å². The first kappa shape index (κ1) is 36.1. The molecule has 0 atom stereocenters. The fraction of sp³-hybridized carbons (Fsp3) is 0.667. The fourth-order valence-corrected chi connectivity index (χ4v) is 0. The van der Waals surface area contributed by atoms with Gasteiger partial charge in [-0.15, -0.1) is 15.8 Å². The van der Waals surface area contributed by atoms with Gasteiger partial charge in [-0.2, -0.15) is 0 Å². The number of rotatable bonds is 0. The van der Waals surface area contributed by atoms with Crippen LogP contribution in [-0.4, -0.2) is 60.4 Å². The van der Waals surface area contributed by atoms with Gasteiger partial charge in [0.1, 0.15) is 20.4 Å². The van der Waals surface area contributed by atoms with Gasteiger partial charge < -0.3 is 14.4 Å². The molecule has 0 saturated heterocycles. The number of hydrogen-bond donors (Lipinski definition) is 0. The summed E-state index contributed by atoms with van der Waals surface area (Å²) in [6.45, 7) is 19.4. The molecule has 0 rings (SSSR count). The summed E-state index contributed by atoms with van der Waals surface area (Å²) in [4.78, 5) is 24.0. The van der Waals surface area contributed by atoms with Crippen LogP contribution < -0.4 is 0 Å². The molecule has 0 amide bonds. The molecule has 6 heteroatoms. The van der Waals surface area contributed by atoms with Gasteiger partial charge in [0.15, 0.2) is 0 Å². The summed E-state index contributed by atoms with van der Waals surface area (Å²) < 4.78 is 0. The van der Waals surface area contributed by atoms with Crippen molar-refractivity contribution < 1.29 is 31.5 Å². The summed E-state index contributed by atoms with van der Waals surface area (Å²) in [7, 11) is 0.759. The molecule has 0 aromatic carbocycles.